The monoisotopic (exact) mass is 336 g/mol. The SMILES string of the molecule is CCC1Cc2c(c(OC)cc(CNCCCO)c2OC)CN1CC. The molecule has 0 radical (unpaired) electrons. The van der Waals surface area contributed by atoms with Gasteiger partial charge in [-0.05, 0) is 38.4 Å². The van der Waals surface area contributed by atoms with Crippen LogP contribution in [0, 0.1) is 0 Å². The normalized spacial score (nSPS) is 17.6. The van der Waals surface area contributed by atoms with E-state index in [9.17, 15) is 0 Å². The number of aliphatic hydroxyl groups excluding tert-OH is 1. The van der Waals surface area contributed by atoms with Gasteiger partial charge in [0.25, 0.3) is 0 Å². The highest BCUT2D eigenvalue weighted by Crippen LogP contribution is 2.40. The van der Waals surface area contributed by atoms with Gasteiger partial charge in [0, 0.05) is 42.4 Å². The van der Waals surface area contributed by atoms with Crippen molar-refractivity contribution in [2.24, 2.45) is 0 Å². The zero-order valence-corrected chi connectivity index (χ0v) is 15.5. The first kappa shape index (κ1) is 19.0. The number of rotatable bonds is 9. The second-order valence-electron chi connectivity index (χ2n) is 6.31. The van der Waals surface area contributed by atoms with E-state index in [1.165, 1.54) is 11.1 Å². The fraction of sp³-hybridized carbons (Fsp3) is 0.684. The summed E-state index contributed by atoms with van der Waals surface area (Å²) < 4.78 is 11.5. The predicted molar refractivity (Wildman–Crippen MR) is 96.8 cm³/mol. The van der Waals surface area contributed by atoms with Crippen LogP contribution in [-0.4, -0.2) is 50.0 Å². The summed E-state index contributed by atoms with van der Waals surface area (Å²) in [5.74, 6) is 1.95. The maximum Gasteiger partial charge on any atom is 0.127 e. The Balaban J connectivity index is 2.35. The summed E-state index contributed by atoms with van der Waals surface area (Å²) >= 11 is 0. The van der Waals surface area contributed by atoms with Gasteiger partial charge in [0.15, 0.2) is 0 Å². The molecule has 1 unspecified atom stereocenters. The Morgan fingerprint density at radius 3 is 2.62 bits per heavy atom. The van der Waals surface area contributed by atoms with Gasteiger partial charge in [0.05, 0.1) is 14.2 Å². The fourth-order valence-corrected chi connectivity index (χ4v) is 3.64. The molecule has 0 saturated heterocycles. The summed E-state index contributed by atoms with van der Waals surface area (Å²) in [6.07, 6.45) is 2.90. The van der Waals surface area contributed by atoms with Gasteiger partial charge >= 0.3 is 0 Å². The Morgan fingerprint density at radius 2 is 2.04 bits per heavy atom. The lowest BCUT2D eigenvalue weighted by Crippen LogP contribution is -2.40. The minimum Gasteiger partial charge on any atom is -0.496 e. The van der Waals surface area contributed by atoms with E-state index < -0.39 is 0 Å². The molecular formula is C19H32N2O3. The topological polar surface area (TPSA) is 54.0 Å². The molecule has 2 N–H and O–H groups in total. The molecule has 0 bridgehead atoms. The first-order chi connectivity index (χ1) is 11.7. The lowest BCUT2D eigenvalue weighted by atomic mass is 9.89. The van der Waals surface area contributed by atoms with Crippen molar-refractivity contribution in [1.29, 1.82) is 0 Å². The number of hydrogen-bond donors (Lipinski definition) is 2. The molecule has 5 heteroatoms. The van der Waals surface area contributed by atoms with Crippen LogP contribution in [0.3, 0.4) is 0 Å². The van der Waals surface area contributed by atoms with Crippen molar-refractivity contribution in [3.63, 3.8) is 0 Å². The van der Waals surface area contributed by atoms with Crippen molar-refractivity contribution in [2.45, 2.75) is 52.2 Å². The summed E-state index contributed by atoms with van der Waals surface area (Å²) in [4.78, 5) is 2.52. The number of aliphatic hydroxyl groups is 1. The van der Waals surface area contributed by atoms with E-state index in [-0.39, 0.29) is 6.61 Å². The van der Waals surface area contributed by atoms with Crippen LogP contribution in [0.25, 0.3) is 0 Å². The molecule has 1 aliphatic rings. The molecule has 1 aliphatic heterocycles. The van der Waals surface area contributed by atoms with Crippen molar-refractivity contribution < 1.29 is 14.6 Å². The molecule has 0 fully saturated rings. The Bertz CT molecular complexity index is 534. The van der Waals surface area contributed by atoms with Gasteiger partial charge < -0.3 is 19.9 Å². The number of nitrogens with zero attached hydrogens (tertiary/aromatic N) is 1. The standard InChI is InChI=1S/C19H32N2O3/c1-5-15-11-16-17(13-21(15)6-2)18(23-3)10-14(19(16)24-4)12-20-8-7-9-22/h10,15,20,22H,5-9,11-13H2,1-4H3. The highest BCUT2D eigenvalue weighted by Gasteiger charge is 2.30. The molecule has 1 heterocycles. The summed E-state index contributed by atoms with van der Waals surface area (Å²) in [5.41, 5.74) is 3.69. The Morgan fingerprint density at radius 1 is 1.25 bits per heavy atom. The third-order valence-electron chi connectivity index (χ3n) is 4.98. The van der Waals surface area contributed by atoms with Crippen LogP contribution < -0.4 is 14.8 Å². The van der Waals surface area contributed by atoms with Crippen molar-refractivity contribution in [2.75, 3.05) is 33.9 Å². The van der Waals surface area contributed by atoms with Gasteiger partial charge in [0.2, 0.25) is 0 Å². The molecule has 0 aliphatic carbocycles. The van der Waals surface area contributed by atoms with Gasteiger partial charge in [-0.1, -0.05) is 13.8 Å². The average Bonchev–Trinajstić information content (AvgIpc) is 2.63. The van der Waals surface area contributed by atoms with Crippen LogP contribution in [-0.2, 0) is 19.5 Å². The summed E-state index contributed by atoms with van der Waals surface area (Å²) in [6.45, 7) is 8.17. The maximum atomic E-state index is 8.92. The predicted octanol–water partition coefficient (Wildman–Crippen LogP) is 2.33. The van der Waals surface area contributed by atoms with E-state index in [0.29, 0.717) is 6.04 Å². The van der Waals surface area contributed by atoms with E-state index >= 15 is 0 Å². The highest BCUT2D eigenvalue weighted by molar-refractivity contribution is 5.55. The number of likely N-dealkylation sites (N-methyl/N-ethyl adjacent to an activating group) is 1. The van der Waals surface area contributed by atoms with Crippen molar-refractivity contribution in [1.82, 2.24) is 10.2 Å². The quantitative estimate of drug-likeness (QED) is 0.678. The average molecular weight is 336 g/mol. The largest absolute Gasteiger partial charge is 0.496 e. The molecule has 0 spiro atoms. The summed E-state index contributed by atoms with van der Waals surface area (Å²) in [5, 5.41) is 12.3. The van der Waals surface area contributed by atoms with E-state index in [0.717, 1.165) is 62.5 Å². The summed E-state index contributed by atoms with van der Waals surface area (Å²) in [6, 6.07) is 2.66. The Labute approximate surface area is 146 Å². The fourth-order valence-electron chi connectivity index (χ4n) is 3.64. The lowest BCUT2D eigenvalue weighted by Gasteiger charge is -2.37. The molecule has 2 rings (SSSR count). The number of hydrogen-bond acceptors (Lipinski definition) is 5. The molecule has 0 aromatic heterocycles. The Kier molecular flexibility index (Phi) is 7.34. The minimum atomic E-state index is 0.211. The van der Waals surface area contributed by atoms with E-state index in [1.807, 2.05) is 0 Å². The molecule has 5 nitrogen and oxygen atoms in total. The van der Waals surface area contributed by atoms with Gasteiger partial charge in [0.1, 0.15) is 11.5 Å². The first-order valence-corrected chi connectivity index (χ1v) is 9.01. The molecule has 1 atom stereocenters. The van der Waals surface area contributed by atoms with Gasteiger partial charge in [-0.3, -0.25) is 4.90 Å². The third kappa shape index (κ3) is 4.02. The van der Waals surface area contributed by atoms with Crippen molar-refractivity contribution in [3.8, 4) is 11.5 Å². The molecule has 0 amide bonds. The van der Waals surface area contributed by atoms with Crippen LogP contribution in [0.4, 0.5) is 0 Å². The van der Waals surface area contributed by atoms with Gasteiger partial charge in [-0.25, -0.2) is 0 Å². The number of ether oxygens (including phenoxy) is 2. The van der Waals surface area contributed by atoms with Gasteiger partial charge in [-0.15, -0.1) is 0 Å². The van der Waals surface area contributed by atoms with E-state index in [4.69, 9.17) is 14.6 Å². The lowest BCUT2D eigenvalue weighted by molar-refractivity contribution is 0.171. The highest BCUT2D eigenvalue weighted by atomic mass is 16.5. The van der Waals surface area contributed by atoms with E-state index in [2.05, 4.69) is 30.1 Å². The first-order valence-electron chi connectivity index (χ1n) is 9.01. The minimum absolute atomic E-state index is 0.211. The third-order valence-corrected chi connectivity index (χ3v) is 4.98. The van der Waals surface area contributed by atoms with E-state index in [1.54, 1.807) is 14.2 Å². The number of fused-ring (bicyclic) bond motifs is 1. The number of methoxy groups -OCH3 is 2. The van der Waals surface area contributed by atoms with Crippen LogP contribution in [0.5, 0.6) is 11.5 Å². The zero-order valence-electron chi connectivity index (χ0n) is 15.5. The maximum absolute atomic E-state index is 8.92. The zero-order chi connectivity index (χ0) is 17.5. The molecule has 24 heavy (non-hydrogen) atoms. The van der Waals surface area contributed by atoms with Gasteiger partial charge in [-0.2, -0.15) is 0 Å². The second kappa shape index (κ2) is 9.25. The van der Waals surface area contributed by atoms with Crippen molar-refractivity contribution >= 4 is 0 Å². The molecule has 0 saturated carbocycles. The van der Waals surface area contributed by atoms with Crippen LogP contribution in [0.2, 0.25) is 0 Å². The van der Waals surface area contributed by atoms with Crippen molar-refractivity contribution in [3.05, 3.63) is 22.8 Å². The molecule has 1 aromatic carbocycles. The van der Waals surface area contributed by atoms with Crippen LogP contribution in [0.15, 0.2) is 6.07 Å². The summed E-state index contributed by atoms with van der Waals surface area (Å²) in [7, 11) is 3.50. The van der Waals surface area contributed by atoms with Crippen LogP contribution in [0.1, 0.15) is 43.4 Å². The Hall–Kier alpha value is -1.30. The molecular weight excluding hydrogens is 304 g/mol. The second-order valence-corrected chi connectivity index (χ2v) is 6.31. The van der Waals surface area contributed by atoms with Crippen LogP contribution >= 0.6 is 0 Å². The smallest absolute Gasteiger partial charge is 0.127 e. The number of nitrogens with one attached hydrogen (secondary N) is 1. The molecule has 136 valence electrons. The number of benzene rings is 1. The molecule has 1 aromatic rings.